The van der Waals surface area contributed by atoms with Crippen molar-refractivity contribution in [1.82, 2.24) is 5.32 Å². The predicted molar refractivity (Wildman–Crippen MR) is 77.1 cm³/mol. The van der Waals surface area contributed by atoms with Gasteiger partial charge in [0.25, 0.3) is 5.69 Å². The molecule has 20 heavy (non-hydrogen) atoms. The molecule has 0 radical (unpaired) electrons. The van der Waals surface area contributed by atoms with Gasteiger partial charge in [0, 0.05) is 36.9 Å². The molecule has 0 saturated carbocycles. The Kier molecular flexibility index (Phi) is 8.13. The van der Waals surface area contributed by atoms with E-state index in [4.69, 9.17) is 21.1 Å². The van der Waals surface area contributed by atoms with Crippen molar-refractivity contribution in [2.45, 2.75) is 13.0 Å². The summed E-state index contributed by atoms with van der Waals surface area (Å²) < 4.78 is 10.2. The Morgan fingerprint density at radius 1 is 1.35 bits per heavy atom. The van der Waals surface area contributed by atoms with Crippen molar-refractivity contribution >= 4 is 17.3 Å². The van der Waals surface area contributed by atoms with Gasteiger partial charge in [-0.15, -0.1) is 0 Å². The summed E-state index contributed by atoms with van der Waals surface area (Å²) in [5.74, 6) is 0. The third-order valence-electron chi connectivity index (χ3n) is 2.63. The number of hydrogen-bond donors (Lipinski definition) is 1. The van der Waals surface area contributed by atoms with E-state index in [1.165, 1.54) is 6.07 Å². The minimum absolute atomic E-state index is 0.0429. The second kappa shape index (κ2) is 9.66. The number of ether oxygens (including phenoxy) is 2. The van der Waals surface area contributed by atoms with E-state index in [-0.39, 0.29) is 5.69 Å². The lowest BCUT2D eigenvalue weighted by Gasteiger charge is -2.07. The largest absolute Gasteiger partial charge is 0.382 e. The van der Waals surface area contributed by atoms with Crippen molar-refractivity contribution in [1.29, 1.82) is 0 Å². The topological polar surface area (TPSA) is 73.6 Å². The first kappa shape index (κ1) is 16.8. The average Bonchev–Trinajstić information content (AvgIpc) is 2.43. The Hall–Kier alpha value is -1.21. The summed E-state index contributed by atoms with van der Waals surface area (Å²) in [6, 6.07) is 4.69. The van der Waals surface area contributed by atoms with Crippen LogP contribution in [0.2, 0.25) is 5.02 Å². The van der Waals surface area contributed by atoms with Gasteiger partial charge in [-0.2, -0.15) is 0 Å². The van der Waals surface area contributed by atoms with E-state index in [0.29, 0.717) is 37.0 Å². The van der Waals surface area contributed by atoms with Crippen molar-refractivity contribution < 1.29 is 14.4 Å². The molecule has 1 aromatic rings. The maximum Gasteiger partial charge on any atom is 0.275 e. The first-order valence-electron chi connectivity index (χ1n) is 6.35. The number of methoxy groups -OCH3 is 1. The maximum absolute atomic E-state index is 10.9. The number of nitro benzene ring substituents is 1. The molecule has 0 aliphatic rings. The molecule has 1 N–H and O–H groups in total. The molecule has 0 bridgehead atoms. The number of halogens is 1. The fraction of sp³-hybridized carbons (Fsp3) is 0.538. The highest BCUT2D eigenvalue weighted by Crippen LogP contribution is 2.22. The van der Waals surface area contributed by atoms with Crippen LogP contribution >= 0.6 is 11.6 Å². The summed E-state index contributed by atoms with van der Waals surface area (Å²) in [5.41, 5.74) is 0.668. The lowest BCUT2D eigenvalue weighted by Crippen LogP contribution is -2.17. The molecule has 7 heteroatoms. The van der Waals surface area contributed by atoms with Gasteiger partial charge < -0.3 is 14.8 Å². The van der Waals surface area contributed by atoms with Gasteiger partial charge in [-0.3, -0.25) is 10.1 Å². The van der Waals surface area contributed by atoms with Gasteiger partial charge in [0.15, 0.2) is 0 Å². The highest BCUT2D eigenvalue weighted by atomic mass is 35.5. The number of benzene rings is 1. The van der Waals surface area contributed by atoms with E-state index in [0.717, 1.165) is 13.0 Å². The van der Waals surface area contributed by atoms with Crippen LogP contribution in [0.25, 0.3) is 0 Å². The molecular formula is C13H19ClN2O4. The third-order valence-corrected chi connectivity index (χ3v) is 2.87. The molecule has 6 nitrogen and oxygen atoms in total. The van der Waals surface area contributed by atoms with Gasteiger partial charge in [-0.05, 0) is 25.1 Å². The summed E-state index contributed by atoms with van der Waals surface area (Å²) >= 11 is 5.75. The van der Waals surface area contributed by atoms with Crippen LogP contribution in [0.15, 0.2) is 18.2 Å². The van der Waals surface area contributed by atoms with Crippen LogP contribution in [-0.2, 0) is 16.0 Å². The Morgan fingerprint density at radius 2 is 2.15 bits per heavy atom. The van der Waals surface area contributed by atoms with Gasteiger partial charge in [0.05, 0.1) is 18.1 Å². The molecule has 0 spiro atoms. The van der Waals surface area contributed by atoms with Crippen LogP contribution in [0, 0.1) is 10.1 Å². The van der Waals surface area contributed by atoms with Crippen LogP contribution in [-0.4, -0.2) is 38.4 Å². The standard InChI is InChI=1S/C13H19ClN2O4/c1-19-7-8-20-6-2-5-15-10-11-3-4-12(14)9-13(11)16(17)18/h3-4,9,15H,2,5-8,10H2,1H3. The molecule has 0 aromatic heterocycles. The summed E-state index contributed by atoms with van der Waals surface area (Å²) in [6.07, 6.45) is 0.838. The SMILES string of the molecule is COCCOCCCNCc1ccc(Cl)cc1[N+](=O)[O-]. The number of nitro groups is 1. The molecule has 0 heterocycles. The van der Waals surface area contributed by atoms with Crippen molar-refractivity contribution in [2.24, 2.45) is 0 Å². The number of nitrogens with zero attached hydrogens (tertiary/aromatic N) is 1. The number of rotatable bonds is 10. The van der Waals surface area contributed by atoms with Crippen molar-refractivity contribution in [2.75, 3.05) is 33.5 Å². The molecule has 0 saturated heterocycles. The Labute approximate surface area is 123 Å². The van der Waals surface area contributed by atoms with E-state index >= 15 is 0 Å². The van der Waals surface area contributed by atoms with E-state index < -0.39 is 4.92 Å². The molecular weight excluding hydrogens is 284 g/mol. The van der Waals surface area contributed by atoms with Crippen LogP contribution < -0.4 is 5.32 Å². The predicted octanol–water partition coefficient (Wildman–Crippen LogP) is 2.39. The van der Waals surface area contributed by atoms with Gasteiger partial charge in [0.2, 0.25) is 0 Å². The Balaban J connectivity index is 2.27. The molecule has 1 aromatic carbocycles. The first-order chi connectivity index (χ1) is 9.65. The van der Waals surface area contributed by atoms with Gasteiger partial charge in [-0.25, -0.2) is 0 Å². The normalized spacial score (nSPS) is 10.7. The molecule has 0 aliphatic carbocycles. The summed E-state index contributed by atoms with van der Waals surface area (Å²) in [7, 11) is 1.63. The van der Waals surface area contributed by atoms with Crippen LogP contribution in [0.3, 0.4) is 0 Å². The quantitative estimate of drug-likeness (QED) is 0.408. The molecule has 0 fully saturated rings. The van der Waals surface area contributed by atoms with Crippen LogP contribution in [0.4, 0.5) is 5.69 Å². The summed E-state index contributed by atoms with van der Waals surface area (Å²) in [5, 5.41) is 14.4. The highest BCUT2D eigenvalue weighted by Gasteiger charge is 2.13. The zero-order chi connectivity index (χ0) is 14.8. The maximum atomic E-state index is 10.9. The Bertz CT molecular complexity index is 429. The fourth-order valence-corrected chi connectivity index (χ4v) is 1.79. The lowest BCUT2D eigenvalue weighted by atomic mass is 10.2. The number of nitrogens with one attached hydrogen (secondary N) is 1. The molecule has 0 atom stereocenters. The Morgan fingerprint density at radius 3 is 2.85 bits per heavy atom. The van der Waals surface area contributed by atoms with E-state index in [2.05, 4.69) is 5.32 Å². The second-order valence-corrected chi connectivity index (χ2v) is 4.60. The molecule has 0 amide bonds. The zero-order valence-electron chi connectivity index (χ0n) is 11.4. The minimum Gasteiger partial charge on any atom is -0.382 e. The monoisotopic (exact) mass is 302 g/mol. The lowest BCUT2D eigenvalue weighted by molar-refractivity contribution is -0.385. The smallest absolute Gasteiger partial charge is 0.275 e. The van der Waals surface area contributed by atoms with Gasteiger partial charge in [-0.1, -0.05) is 11.6 Å². The zero-order valence-corrected chi connectivity index (χ0v) is 12.2. The molecule has 0 unspecified atom stereocenters. The second-order valence-electron chi connectivity index (χ2n) is 4.17. The number of hydrogen-bond acceptors (Lipinski definition) is 5. The molecule has 112 valence electrons. The van der Waals surface area contributed by atoms with Crippen molar-refractivity contribution in [3.8, 4) is 0 Å². The highest BCUT2D eigenvalue weighted by molar-refractivity contribution is 6.30. The van der Waals surface area contributed by atoms with Gasteiger partial charge in [0.1, 0.15) is 0 Å². The van der Waals surface area contributed by atoms with E-state index in [9.17, 15) is 10.1 Å². The average molecular weight is 303 g/mol. The van der Waals surface area contributed by atoms with E-state index in [1.54, 1.807) is 19.2 Å². The first-order valence-corrected chi connectivity index (χ1v) is 6.73. The van der Waals surface area contributed by atoms with Gasteiger partial charge >= 0.3 is 0 Å². The third kappa shape index (κ3) is 6.29. The van der Waals surface area contributed by atoms with Crippen LogP contribution in [0.5, 0.6) is 0 Å². The van der Waals surface area contributed by atoms with Crippen LogP contribution in [0.1, 0.15) is 12.0 Å². The molecule has 0 aliphatic heterocycles. The minimum atomic E-state index is -0.420. The summed E-state index contributed by atoms with van der Waals surface area (Å²) in [4.78, 5) is 10.5. The van der Waals surface area contributed by atoms with Crippen molar-refractivity contribution in [3.63, 3.8) is 0 Å². The molecule has 1 rings (SSSR count). The van der Waals surface area contributed by atoms with E-state index in [1.807, 2.05) is 0 Å². The fourth-order valence-electron chi connectivity index (χ4n) is 1.62. The summed E-state index contributed by atoms with van der Waals surface area (Å²) in [6.45, 7) is 2.97. The van der Waals surface area contributed by atoms with Crippen molar-refractivity contribution in [3.05, 3.63) is 38.9 Å².